The quantitative estimate of drug-likeness (QED) is 0.136. The van der Waals surface area contributed by atoms with Crippen LogP contribution in [0.3, 0.4) is 0 Å². The molecule has 0 unspecified atom stereocenters. The number of rotatable bonds is 2. The normalized spacial score (nSPS) is 14.6. The van der Waals surface area contributed by atoms with E-state index in [9.17, 15) is 0 Å². The summed E-state index contributed by atoms with van der Waals surface area (Å²) in [6.07, 6.45) is 26.4. The van der Waals surface area contributed by atoms with Gasteiger partial charge in [0, 0.05) is 77.5 Å². The zero-order valence-corrected chi connectivity index (χ0v) is 60.2. The fraction of sp³-hybridized carbons (Fsp3) is 0.289. The minimum Gasteiger partial charge on any atom is -0.494 e. The number of nitrogens with one attached hydrogen (secondary N) is 4. The van der Waals surface area contributed by atoms with Crippen LogP contribution < -0.4 is 9.47 Å². The number of aromatic amines is 4. The van der Waals surface area contributed by atoms with E-state index in [4.69, 9.17) is 29.4 Å². The summed E-state index contributed by atoms with van der Waals surface area (Å²) in [4.78, 5) is 38.9. The van der Waals surface area contributed by atoms with E-state index in [0.29, 0.717) is 13.2 Å². The van der Waals surface area contributed by atoms with Crippen LogP contribution in [-0.2, 0) is 21.7 Å². The van der Waals surface area contributed by atoms with Crippen molar-refractivity contribution in [3.05, 3.63) is 213 Å². The fourth-order valence-electron chi connectivity index (χ4n) is 14.4. The second kappa shape index (κ2) is 26.1. The molecule has 4 N–H and O–H groups in total. The van der Waals surface area contributed by atoms with Crippen molar-refractivity contribution in [2.24, 2.45) is 0 Å². The lowest BCUT2D eigenvalue weighted by Gasteiger charge is -2.26. The second-order valence-corrected chi connectivity index (χ2v) is 31.9. The Hall–Kier alpha value is -10.3. The van der Waals surface area contributed by atoms with Crippen molar-refractivity contribution in [3.8, 4) is 67.1 Å². The van der Waals surface area contributed by atoms with Gasteiger partial charge in [0.2, 0.25) is 0 Å². The highest BCUT2D eigenvalue weighted by molar-refractivity contribution is 6.05. The summed E-state index contributed by atoms with van der Waals surface area (Å²) in [5, 5.41) is 0. The Morgan fingerprint density at radius 3 is 0.940 bits per heavy atom. The van der Waals surface area contributed by atoms with E-state index in [0.717, 1.165) is 183 Å². The van der Waals surface area contributed by atoms with Crippen molar-refractivity contribution in [3.63, 3.8) is 0 Å². The van der Waals surface area contributed by atoms with Crippen LogP contribution in [0.1, 0.15) is 202 Å². The second-order valence-electron chi connectivity index (χ2n) is 31.9. The highest BCUT2D eigenvalue weighted by atomic mass is 16.5. The molecule has 0 amide bonds. The van der Waals surface area contributed by atoms with Gasteiger partial charge in [0.25, 0.3) is 0 Å². The molecule has 0 radical (unpaired) electrons. The Kier molecular flexibility index (Phi) is 17.1. The van der Waals surface area contributed by atoms with Crippen molar-refractivity contribution in [2.45, 2.75) is 156 Å². The summed E-state index contributed by atoms with van der Waals surface area (Å²) in [5.41, 5.74) is 28.0. The number of aromatic nitrogens is 8. The third-order valence-electron chi connectivity index (χ3n) is 20.1. The average molecular weight is 1320 g/mol. The van der Waals surface area contributed by atoms with Crippen molar-refractivity contribution >= 4 is 92.7 Å². The zero-order chi connectivity index (χ0) is 69.2. The monoisotopic (exact) mass is 1320 g/mol. The van der Waals surface area contributed by atoms with Crippen LogP contribution >= 0.6 is 0 Å². The molecule has 0 spiro atoms. The topological polar surface area (TPSA) is 133 Å². The summed E-state index contributed by atoms with van der Waals surface area (Å²) in [6.45, 7) is 28.9. The van der Waals surface area contributed by atoms with E-state index >= 15 is 0 Å². The molecular weight excluding hydrogens is 1230 g/mol. The lowest BCUT2D eigenvalue weighted by Crippen LogP contribution is -2.16. The van der Waals surface area contributed by atoms with Crippen LogP contribution in [0.4, 0.5) is 0 Å². The number of nitrogens with zero attached hydrogens (tertiary/aromatic N) is 4. The Morgan fingerprint density at radius 1 is 0.270 bits per heavy atom. The fourth-order valence-corrected chi connectivity index (χ4v) is 14.4. The molecule has 0 saturated carbocycles. The highest BCUT2D eigenvalue weighted by Gasteiger charge is 2.28. The van der Waals surface area contributed by atoms with Crippen molar-refractivity contribution in [1.29, 1.82) is 0 Å². The molecule has 4 aromatic carbocycles. The SMILES string of the molecule is CC(C)(C)c1cc(-c2c3nc(c4c5ccc([nH]5)c(c5nc(cc6ccc2[nH]6)C=C5)-c2cccc(c2)OCCCCCCCCCCOc2cccc(c2)-c2c5nc(cc6ccc([nH]6)c(-c6cc(C(C)(C)C)cc(C(C)(C)C)c6)c6nc(c-4c4ccc2[nH]4)C=C6)C=C5)C=C3)cc(C(C)(C)C)c1. The van der Waals surface area contributed by atoms with Gasteiger partial charge in [-0.1, -0.05) is 182 Å². The highest BCUT2D eigenvalue weighted by Crippen LogP contribution is 2.45. The van der Waals surface area contributed by atoms with Gasteiger partial charge in [0.15, 0.2) is 0 Å². The van der Waals surface area contributed by atoms with Gasteiger partial charge in [-0.3, -0.25) is 0 Å². The molecule has 504 valence electrons. The maximum atomic E-state index is 6.63. The zero-order valence-electron chi connectivity index (χ0n) is 60.2. The predicted octanol–water partition coefficient (Wildman–Crippen LogP) is 24.0. The number of hydrogen-bond acceptors (Lipinski definition) is 6. The Morgan fingerprint density at radius 2 is 0.570 bits per heavy atom. The summed E-state index contributed by atoms with van der Waals surface area (Å²) in [5.74, 6) is 1.66. The first kappa shape index (κ1) is 65.6. The minimum absolute atomic E-state index is 0.143. The van der Waals surface area contributed by atoms with Crippen LogP contribution in [0, 0.1) is 0 Å². The molecule has 0 aliphatic carbocycles. The lowest BCUT2D eigenvalue weighted by atomic mass is 9.78. The van der Waals surface area contributed by atoms with Crippen molar-refractivity contribution < 1.29 is 9.47 Å². The van der Waals surface area contributed by atoms with Crippen molar-refractivity contribution in [1.82, 2.24) is 39.9 Å². The van der Waals surface area contributed by atoms with Gasteiger partial charge < -0.3 is 29.4 Å². The number of benzene rings is 4. The third kappa shape index (κ3) is 13.5. The van der Waals surface area contributed by atoms with Gasteiger partial charge in [0.1, 0.15) is 11.5 Å². The molecular formula is C90H92N8O2. The molecule has 15 rings (SSSR count). The lowest BCUT2D eigenvalue weighted by molar-refractivity contribution is 0.301. The molecule has 24 bridgehead atoms. The minimum atomic E-state index is -0.143. The third-order valence-corrected chi connectivity index (χ3v) is 20.1. The number of fused-ring (bicyclic) bond motifs is 23. The molecule has 0 fully saturated rings. The van der Waals surface area contributed by atoms with E-state index in [2.05, 4.69) is 297 Å². The van der Waals surface area contributed by atoms with Crippen LogP contribution in [0.25, 0.3) is 148 Å². The molecule has 11 heterocycles. The van der Waals surface area contributed by atoms with E-state index in [1.165, 1.54) is 47.9 Å². The van der Waals surface area contributed by atoms with Gasteiger partial charge >= 0.3 is 0 Å². The van der Waals surface area contributed by atoms with Crippen LogP contribution in [0.5, 0.6) is 11.5 Å². The molecule has 0 saturated heterocycles. The average Bonchev–Trinajstić information content (AvgIpc) is 1.56. The van der Waals surface area contributed by atoms with Gasteiger partial charge in [-0.05, 0) is 213 Å². The first-order valence-electron chi connectivity index (χ1n) is 36.1. The maximum absolute atomic E-state index is 6.63. The van der Waals surface area contributed by atoms with Gasteiger partial charge in [-0.25, -0.2) is 19.9 Å². The Labute approximate surface area is 588 Å². The maximum Gasteiger partial charge on any atom is 0.119 e. The Balaban J connectivity index is 1.11. The summed E-state index contributed by atoms with van der Waals surface area (Å²) < 4.78 is 13.3. The summed E-state index contributed by atoms with van der Waals surface area (Å²) in [7, 11) is 0. The summed E-state index contributed by atoms with van der Waals surface area (Å²) >= 11 is 0. The molecule has 5 aliphatic heterocycles. The molecule has 10 heteroatoms. The predicted molar refractivity (Wildman–Crippen MR) is 421 cm³/mol. The van der Waals surface area contributed by atoms with Gasteiger partial charge in [0.05, 0.1) is 58.8 Å². The Bertz CT molecular complexity index is 4980. The molecule has 10 aromatic rings. The summed E-state index contributed by atoms with van der Waals surface area (Å²) in [6, 6.07) is 53.2. The van der Waals surface area contributed by atoms with Crippen LogP contribution in [-0.4, -0.2) is 53.1 Å². The number of ether oxygens (including phenoxy) is 2. The first-order valence-corrected chi connectivity index (χ1v) is 36.1. The van der Waals surface area contributed by atoms with Crippen LogP contribution in [0.2, 0.25) is 0 Å². The molecule has 10 nitrogen and oxygen atoms in total. The van der Waals surface area contributed by atoms with E-state index in [1.54, 1.807) is 0 Å². The van der Waals surface area contributed by atoms with Gasteiger partial charge in [-0.15, -0.1) is 0 Å². The first-order chi connectivity index (χ1) is 48.0. The standard InChI is InChI=1S/C90H92N8O2/c1-87(2,3)59-45-57(46-60(51-59)88(4,5)6)83-71-33-29-65(93-71)53-63-27-31-69(91-63)81-55-23-21-25-67(49-55)99-43-19-17-15-13-14-16-18-20-44-100-68-26-22-24-56(50-68)82-70-32-28-64(92-70)54-66-30-34-72(94-66)84(58-47-61(89(7,8)9)52-62(48-58)90(10,11)12)76-38-42-80(98-76)86(78-40-36-74(82)96-78)85(77-39-35-73(81)95-77)79-41-37-75(83)97-79/h21-42,45-54,93-96H,13-20,43-44H2,1-12H3. The van der Waals surface area contributed by atoms with Crippen molar-refractivity contribution in [2.75, 3.05) is 13.2 Å². The molecule has 6 aromatic heterocycles. The molecule has 100 heavy (non-hydrogen) atoms. The smallest absolute Gasteiger partial charge is 0.119 e. The largest absolute Gasteiger partial charge is 0.494 e. The van der Waals surface area contributed by atoms with E-state index in [-0.39, 0.29) is 21.7 Å². The number of hydrogen-bond donors (Lipinski definition) is 4. The van der Waals surface area contributed by atoms with Crippen LogP contribution in [0.15, 0.2) is 146 Å². The molecule has 0 atom stereocenters. The van der Waals surface area contributed by atoms with Gasteiger partial charge in [-0.2, -0.15) is 0 Å². The molecule has 5 aliphatic rings. The van der Waals surface area contributed by atoms with E-state index < -0.39 is 0 Å². The van der Waals surface area contributed by atoms with E-state index in [1.807, 2.05) is 0 Å². The number of H-pyrrole nitrogens is 4.